The first-order valence-corrected chi connectivity index (χ1v) is 7.62. The van der Waals surface area contributed by atoms with E-state index in [1.165, 1.54) is 17.0 Å². The molecule has 1 amide bonds. The molecule has 0 bridgehead atoms. The van der Waals surface area contributed by atoms with Crippen molar-refractivity contribution < 1.29 is 9.53 Å². The Hall–Kier alpha value is -2.92. The van der Waals surface area contributed by atoms with Crippen molar-refractivity contribution in [1.82, 2.24) is 14.5 Å². The molecule has 8 nitrogen and oxygen atoms in total. The van der Waals surface area contributed by atoms with E-state index in [2.05, 4.69) is 4.98 Å². The van der Waals surface area contributed by atoms with Gasteiger partial charge in [0.15, 0.2) is 6.10 Å². The van der Waals surface area contributed by atoms with E-state index in [0.717, 1.165) is 4.57 Å². The summed E-state index contributed by atoms with van der Waals surface area (Å²) < 4.78 is 6.32. The number of carbonyl (C=O) groups excluding carboxylic acids is 1. The largest absolute Gasteiger partial charge is 0.360 e. The molecule has 1 saturated heterocycles. The summed E-state index contributed by atoms with van der Waals surface area (Å²) in [7, 11) is 0. The minimum absolute atomic E-state index is 0.196. The van der Waals surface area contributed by atoms with E-state index in [9.17, 15) is 14.4 Å². The van der Waals surface area contributed by atoms with Gasteiger partial charge in [0.2, 0.25) is 0 Å². The number of rotatable bonds is 2. The van der Waals surface area contributed by atoms with Crippen molar-refractivity contribution in [2.45, 2.75) is 19.6 Å². The molecule has 2 aromatic rings. The molecule has 0 radical (unpaired) electrons. The predicted octanol–water partition coefficient (Wildman–Crippen LogP) is 0.0743. The predicted molar refractivity (Wildman–Crippen MR) is 85.8 cm³/mol. The number of ether oxygens (including phenoxy) is 1. The maximum absolute atomic E-state index is 12.6. The monoisotopic (exact) mass is 328 g/mol. The number of fused-ring (bicyclic) bond motifs is 1. The van der Waals surface area contributed by atoms with Gasteiger partial charge < -0.3 is 14.6 Å². The number of aromatic amines is 1. The number of aromatic nitrogens is 2. The second-order valence-electron chi connectivity index (χ2n) is 5.48. The summed E-state index contributed by atoms with van der Waals surface area (Å²) in [6.07, 6.45) is -0.639. The molecule has 1 aliphatic rings. The van der Waals surface area contributed by atoms with Gasteiger partial charge in [-0.3, -0.25) is 14.2 Å². The number of hydrogen-bond acceptors (Lipinski definition) is 5. The maximum atomic E-state index is 12.6. The third-order valence-electron chi connectivity index (χ3n) is 4.04. The molecule has 8 heteroatoms. The second-order valence-corrected chi connectivity index (χ2v) is 5.48. The normalized spacial score (nSPS) is 17.7. The van der Waals surface area contributed by atoms with Gasteiger partial charge in [-0.15, -0.1) is 0 Å². The van der Waals surface area contributed by atoms with E-state index in [0.29, 0.717) is 29.6 Å². The second kappa shape index (κ2) is 6.29. The fraction of sp³-hybridized carbons (Fsp3) is 0.375. The maximum Gasteiger partial charge on any atom is 0.328 e. The zero-order chi connectivity index (χ0) is 17.3. The molecule has 1 N–H and O–H groups in total. The smallest absolute Gasteiger partial charge is 0.328 e. The SMILES string of the molecule is CCn1c(=O)[nH]c2cc(C(=O)N3CCO[C@@H](C#N)C3)ccc2c1=O. The fourth-order valence-electron chi connectivity index (χ4n) is 2.77. The van der Waals surface area contributed by atoms with Crippen LogP contribution in [-0.4, -0.2) is 46.2 Å². The molecule has 1 fully saturated rings. The van der Waals surface area contributed by atoms with E-state index in [1.807, 2.05) is 6.07 Å². The minimum atomic E-state index is -0.639. The third kappa shape index (κ3) is 2.70. The molecule has 3 rings (SSSR count). The van der Waals surface area contributed by atoms with Gasteiger partial charge in [0.25, 0.3) is 11.5 Å². The van der Waals surface area contributed by atoms with Gasteiger partial charge in [-0.2, -0.15) is 5.26 Å². The van der Waals surface area contributed by atoms with Crippen LogP contribution < -0.4 is 11.2 Å². The summed E-state index contributed by atoms with van der Waals surface area (Å²) in [6, 6.07) is 6.58. The molecule has 0 spiro atoms. The minimum Gasteiger partial charge on any atom is -0.360 e. The van der Waals surface area contributed by atoms with E-state index >= 15 is 0 Å². The molecular formula is C16H16N4O4. The van der Waals surface area contributed by atoms with Gasteiger partial charge in [-0.1, -0.05) is 0 Å². The number of nitrogens with zero attached hydrogens (tertiary/aromatic N) is 3. The Morgan fingerprint density at radius 2 is 2.25 bits per heavy atom. The van der Waals surface area contributed by atoms with Crippen LogP contribution in [0.1, 0.15) is 17.3 Å². The Morgan fingerprint density at radius 3 is 2.96 bits per heavy atom. The van der Waals surface area contributed by atoms with Crippen LogP contribution in [-0.2, 0) is 11.3 Å². The van der Waals surface area contributed by atoms with Crippen molar-refractivity contribution in [2.75, 3.05) is 19.7 Å². The quantitative estimate of drug-likeness (QED) is 0.839. The number of hydrogen-bond donors (Lipinski definition) is 1. The van der Waals surface area contributed by atoms with Gasteiger partial charge >= 0.3 is 5.69 Å². The Bertz CT molecular complexity index is 953. The van der Waals surface area contributed by atoms with Crippen LogP contribution >= 0.6 is 0 Å². The Kier molecular flexibility index (Phi) is 4.18. The average Bonchev–Trinajstić information content (AvgIpc) is 2.61. The van der Waals surface area contributed by atoms with Crippen LogP contribution in [0.3, 0.4) is 0 Å². The van der Waals surface area contributed by atoms with Gasteiger partial charge in [0, 0.05) is 18.7 Å². The van der Waals surface area contributed by atoms with Crippen LogP contribution in [0.2, 0.25) is 0 Å². The molecule has 1 atom stereocenters. The highest BCUT2D eigenvalue weighted by atomic mass is 16.5. The Labute approximate surface area is 136 Å². The van der Waals surface area contributed by atoms with Crippen molar-refractivity contribution in [1.29, 1.82) is 5.26 Å². The molecule has 124 valence electrons. The standard InChI is InChI=1S/C16H16N4O4/c1-2-20-15(22)12-4-3-10(7-13(12)18-16(20)23)14(21)19-5-6-24-11(8-17)9-19/h3-4,7,11H,2,5-6,9H2,1H3,(H,18,23)/t11-/m0/s1. The highest BCUT2D eigenvalue weighted by Gasteiger charge is 2.25. The molecule has 24 heavy (non-hydrogen) atoms. The van der Waals surface area contributed by atoms with Gasteiger partial charge in [0.05, 0.1) is 30.1 Å². The van der Waals surface area contributed by atoms with Crippen LogP contribution in [0.15, 0.2) is 27.8 Å². The molecule has 0 aliphatic carbocycles. The molecule has 0 unspecified atom stereocenters. The van der Waals surface area contributed by atoms with E-state index in [4.69, 9.17) is 10.00 Å². The van der Waals surface area contributed by atoms with Gasteiger partial charge in [0.1, 0.15) is 0 Å². The van der Waals surface area contributed by atoms with Gasteiger partial charge in [-0.25, -0.2) is 4.79 Å². The van der Waals surface area contributed by atoms with Crippen molar-refractivity contribution in [3.63, 3.8) is 0 Å². The Balaban J connectivity index is 1.99. The van der Waals surface area contributed by atoms with E-state index in [-0.39, 0.29) is 24.6 Å². The van der Waals surface area contributed by atoms with Crippen molar-refractivity contribution in [2.24, 2.45) is 0 Å². The first kappa shape index (κ1) is 16.0. The molecular weight excluding hydrogens is 312 g/mol. The van der Waals surface area contributed by atoms with Crippen molar-refractivity contribution >= 4 is 16.8 Å². The zero-order valence-corrected chi connectivity index (χ0v) is 13.1. The Morgan fingerprint density at radius 1 is 1.46 bits per heavy atom. The topological polar surface area (TPSA) is 108 Å². The molecule has 1 aromatic carbocycles. The summed E-state index contributed by atoms with van der Waals surface area (Å²) in [5, 5.41) is 9.27. The number of nitrogens with one attached hydrogen (secondary N) is 1. The fourth-order valence-corrected chi connectivity index (χ4v) is 2.77. The van der Waals surface area contributed by atoms with Crippen LogP contribution in [0.4, 0.5) is 0 Å². The number of carbonyl (C=O) groups is 1. The van der Waals surface area contributed by atoms with Crippen molar-refractivity contribution in [3.05, 3.63) is 44.6 Å². The average molecular weight is 328 g/mol. The number of morpholine rings is 1. The lowest BCUT2D eigenvalue weighted by Gasteiger charge is -2.29. The first-order chi connectivity index (χ1) is 11.5. The van der Waals surface area contributed by atoms with Crippen LogP contribution in [0.5, 0.6) is 0 Å². The van der Waals surface area contributed by atoms with Crippen LogP contribution in [0, 0.1) is 11.3 Å². The zero-order valence-electron chi connectivity index (χ0n) is 13.1. The summed E-state index contributed by atoms with van der Waals surface area (Å²) in [4.78, 5) is 40.9. The van der Waals surface area contributed by atoms with Crippen LogP contribution in [0.25, 0.3) is 10.9 Å². The number of H-pyrrole nitrogens is 1. The highest BCUT2D eigenvalue weighted by molar-refractivity contribution is 5.97. The van der Waals surface area contributed by atoms with E-state index in [1.54, 1.807) is 13.0 Å². The summed E-state index contributed by atoms with van der Waals surface area (Å²) in [6.45, 7) is 2.87. The molecule has 0 saturated carbocycles. The molecule has 1 aliphatic heterocycles. The van der Waals surface area contributed by atoms with Gasteiger partial charge in [-0.05, 0) is 25.1 Å². The summed E-state index contributed by atoms with van der Waals surface area (Å²) in [5.74, 6) is -0.263. The molecule has 1 aromatic heterocycles. The van der Waals surface area contributed by atoms with E-state index < -0.39 is 11.8 Å². The number of amides is 1. The lowest BCUT2D eigenvalue weighted by atomic mass is 10.1. The number of benzene rings is 1. The summed E-state index contributed by atoms with van der Waals surface area (Å²) in [5.41, 5.74) is -0.210. The third-order valence-corrected chi connectivity index (χ3v) is 4.04. The lowest BCUT2D eigenvalue weighted by molar-refractivity contribution is 0.00347. The highest BCUT2D eigenvalue weighted by Crippen LogP contribution is 2.14. The summed E-state index contributed by atoms with van der Waals surface area (Å²) >= 11 is 0. The molecule has 2 heterocycles. The first-order valence-electron chi connectivity index (χ1n) is 7.62. The number of nitriles is 1. The lowest BCUT2D eigenvalue weighted by Crippen LogP contribution is -2.45. The van der Waals surface area contributed by atoms with Crippen molar-refractivity contribution in [3.8, 4) is 6.07 Å².